The third-order valence-electron chi connectivity index (χ3n) is 2.50. The molecule has 0 radical (unpaired) electrons. The van der Waals surface area contributed by atoms with Crippen LogP contribution in [0.1, 0.15) is 26.3 Å². The standard InChI is InChI=1S/C13H15N3O3/c1-13(2,3)12(17)15-11-5-4-10(16(18)19)8-9(11)6-7-14/h4-5,8H,6H2,1-3H3,(H,15,17). The van der Waals surface area contributed by atoms with Crippen molar-refractivity contribution in [1.82, 2.24) is 0 Å². The van der Waals surface area contributed by atoms with Crippen molar-refractivity contribution in [1.29, 1.82) is 5.26 Å². The Hall–Kier alpha value is -2.42. The average Bonchev–Trinajstić information content (AvgIpc) is 2.30. The van der Waals surface area contributed by atoms with Gasteiger partial charge in [-0.05, 0) is 11.6 Å². The van der Waals surface area contributed by atoms with E-state index in [9.17, 15) is 14.9 Å². The average molecular weight is 261 g/mol. The van der Waals surface area contributed by atoms with Crippen LogP contribution in [0.5, 0.6) is 0 Å². The van der Waals surface area contributed by atoms with Crippen molar-refractivity contribution in [3.8, 4) is 6.07 Å². The predicted octanol–water partition coefficient (Wildman–Crippen LogP) is 2.65. The van der Waals surface area contributed by atoms with Crippen LogP contribution in [0, 0.1) is 26.9 Å². The number of nitro groups is 1. The molecule has 6 heteroatoms. The van der Waals surface area contributed by atoms with E-state index in [1.165, 1.54) is 18.2 Å². The first-order chi connectivity index (χ1) is 8.75. The van der Waals surface area contributed by atoms with E-state index >= 15 is 0 Å². The van der Waals surface area contributed by atoms with Crippen molar-refractivity contribution in [2.75, 3.05) is 5.32 Å². The van der Waals surface area contributed by atoms with Gasteiger partial charge in [0.25, 0.3) is 5.69 Å². The molecule has 0 aliphatic rings. The number of carbonyl (C=O) groups is 1. The number of hydrogen-bond acceptors (Lipinski definition) is 4. The first-order valence-electron chi connectivity index (χ1n) is 5.71. The largest absolute Gasteiger partial charge is 0.325 e. The molecule has 1 aromatic rings. The van der Waals surface area contributed by atoms with E-state index in [4.69, 9.17) is 5.26 Å². The Morgan fingerprint density at radius 1 is 1.47 bits per heavy atom. The number of hydrogen-bond donors (Lipinski definition) is 1. The normalized spacial score (nSPS) is 10.6. The smallest absolute Gasteiger partial charge is 0.269 e. The van der Waals surface area contributed by atoms with Gasteiger partial charge in [-0.1, -0.05) is 20.8 Å². The second kappa shape index (κ2) is 5.48. The summed E-state index contributed by atoms with van der Waals surface area (Å²) in [6.07, 6.45) is 0.00142. The third-order valence-corrected chi connectivity index (χ3v) is 2.50. The number of amides is 1. The molecule has 0 aliphatic carbocycles. The summed E-state index contributed by atoms with van der Waals surface area (Å²) in [6, 6.07) is 5.99. The van der Waals surface area contributed by atoms with Gasteiger partial charge in [0.05, 0.1) is 17.4 Å². The van der Waals surface area contributed by atoms with E-state index in [0.717, 1.165) is 0 Å². The molecular weight excluding hydrogens is 246 g/mol. The number of benzene rings is 1. The Morgan fingerprint density at radius 2 is 2.11 bits per heavy atom. The lowest BCUT2D eigenvalue weighted by molar-refractivity contribution is -0.384. The number of rotatable bonds is 3. The molecule has 0 spiro atoms. The summed E-state index contributed by atoms with van der Waals surface area (Å²) in [6.45, 7) is 5.28. The van der Waals surface area contributed by atoms with Gasteiger partial charge in [-0.25, -0.2) is 0 Å². The number of carbonyl (C=O) groups excluding carboxylic acids is 1. The van der Waals surface area contributed by atoms with Crippen LogP contribution in [0.2, 0.25) is 0 Å². The fourth-order valence-electron chi connectivity index (χ4n) is 1.36. The van der Waals surface area contributed by atoms with Gasteiger partial charge in [0.1, 0.15) is 0 Å². The molecule has 1 rings (SSSR count). The molecule has 0 saturated carbocycles. The minimum Gasteiger partial charge on any atom is -0.325 e. The number of nitrogens with one attached hydrogen (secondary N) is 1. The molecule has 0 aromatic heterocycles. The summed E-state index contributed by atoms with van der Waals surface area (Å²) in [5.74, 6) is -0.208. The Kier molecular flexibility index (Phi) is 4.22. The van der Waals surface area contributed by atoms with Crippen LogP contribution in [0.15, 0.2) is 18.2 Å². The van der Waals surface area contributed by atoms with Crippen LogP contribution >= 0.6 is 0 Å². The summed E-state index contributed by atoms with van der Waals surface area (Å²) >= 11 is 0. The first-order valence-corrected chi connectivity index (χ1v) is 5.71. The molecule has 0 saturated heterocycles. The molecule has 0 atom stereocenters. The summed E-state index contributed by atoms with van der Waals surface area (Å²) in [5.41, 5.74) is 0.200. The molecule has 0 bridgehead atoms. The maximum Gasteiger partial charge on any atom is 0.269 e. The van der Waals surface area contributed by atoms with E-state index < -0.39 is 10.3 Å². The van der Waals surface area contributed by atoms with E-state index in [-0.39, 0.29) is 18.0 Å². The minimum absolute atomic E-state index is 0.00142. The van der Waals surface area contributed by atoms with Crippen LogP contribution < -0.4 is 5.32 Å². The Bertz CT molecular complexity index is 553. The summed E-state index contributed by atoms with van der Waals surface area (Å²) in [4.78, 5) is 22.0. The van der Waals surface area contributed by atoms with Crippen molar-refractivity contribution in [3.63, 3.8) is 0 Å². The van der Waals surface area contributed by atoms with E-state index in [1.54, 1.807) is 20.8 Å². The van der Waals surface area contributed by atoms with Gasteiger partial charge in [0.2, 0.25) is 5.91 Å². The molecule has 1 amide bonds. The van der Waals surface area contributed by atoms with Crippen molar-refractivity contribution in [3.05, 3.63) is 33.9 Å². The number of non-ortho nitro benzene ring substituents is 1. The van der Waals surface area contributed by atoms with Gasteiger partial charge in [0, 0.05) is 23.2 Å². The van der Waals surface area contributed by atoms with Crippen molar-refractivity contribution >= 4 is 17.3 Å². The number of anilines is 1. The van der Waals surface area contributed by atoms with Gasteiger partial charge in [-0.15, -0.1) is 0 Å². The SMILES string of the molecule is CC(C)(C)C(=O)Nc1ccc([N+](=O)[O-])cc1CC#N. The Labute approximate surface area is 111 Å². The highest BCUT2D eigenvalue weighted by Gasteiger charge is 2.22. The molecule has 0 aliphatic heterocycles. The lowest BCUT2D eigenvalue weighted by Gasteiger charge is -2.18. The van der Waals surface area contributed by atoms with Gasteiger partial charge >= 0.3 is 0 Å². The zero-order valence-electron chi connectivity index (χ0n) is 11.1. The molecule has 6 nitrogen and oxygen atoms in total. The van der Waals surface area contributed by atoms with Crippen molar-refractivity contribution in [2.45, 2.75) is 27.2 Å². The zero-order chi connectivity index (χ0) is 14.6. The fourth-order valence-corrected chi connectivity index (χ4v) is 1.36. The molecule has 1 aromatic carbocycles. The Morgan fingerprint density at radius 3 is 2.58 bits per heavy atom. The maximum absolute atomic E-state index is 11.9. The number of nitrogens with zero attached hydrogens (tertiary/aromatic N) is 2. The predicted molar refractivity (Wildman–Crippen MR) is 70.5 cm³/mol. The highest BCUT2D eigenvalue weighted by Crippen LogP contribution is 2.24. The second-order valence-corrected chi connectivity index (χ2v) is 5.14. The molecule has 100 valence electrons. The molecule has 0 fully saturated rings. The summed E-state index contributed by atoms with van der Waals surface area (Å²) < 4.78 is 0. The van der Waals surface area contributed by atoms with Gasteiger partial charge < -0.3 is 5.32 Å². The zero-order valence-corrected chi connectivity index (χ0v) is 11.1. The number of nitriles is 1. The third kappa shape index (κ3) is 3.78. The van der Waals surface area contributed by atoms with Gasteiger partial charge in [-0.3, -0.25) is 14.9 Å². The van der Waals surface area contributed by atoms with Crippen LogP contribution in [-0.4, -0.2) is 10.8 Å². The lowest BCUT2D eigenvalue weighted by Crippen LogP contribution is -2.28. The number of nitro benzene ring substituents is 1. The van der Waals surface area contributed by atoms with Crippen LogP contribution in [0.4, 0.5) is 11.4 Å². The second-order valence-electron chi connectivity index (χ2n) is 5.14. The Balaban J connectivity index is 3.11. The molecule has 19 heavy (non-hydrogen) atoms. The van der Waals surface area contributed by atoms with Crippen molar-refractivity contribution in [2.24, 2.45) is 5.41 Å². The van der Waals surface area contributed by atoms with E-state index in [2.05, 4.69) is 5.32 Å². The van der Waals surface area contributed by atoms with Crippen LogP contribution in [0.3, 0.4) is 0 Å². The van der Waals surface area contributed by atoms with Crippen LogP contribution in [-0.2, 0) is 11.2 Å². The molecule has 1 N–H and O–H groups in total. The topological polar surface area (TPSA) is 96.0 Å². The van der Waals surface area contributed by atoms with Crippen molar-refractivity contribution < 1.29 is 9.72 Å². The van der Waals surface area contributed by atoms with Crippen LogP contribution in [0.25, 0.3) is 0 Å². The highest BCUT2D eigenvalue weighted by atomic mass is 16.6. The lowest BCUT2D eigenvalue weighted by atomic mass is 9.95. The van der Waals surface area contributed by atoms with E-state index in [0.29, 0.717) is 11.3 Å². The quantitative estimate of drug-likeness (QED) is 0.668. The van der Waals surface area contributed by atoms with Gasteiger partial charge in [0.15, 0.2) is 0 Å². The summed E-state index contributed by atoms with van der Waals surface area (Å²) in [7, 11) is 0. The monoisotopic (exact) mass is 261 g/mol. The minimum atomic E-state index is -0.578. The first kappa shape index (κ1) is 14.6. The fraction of sp³-hybridized carbons (Fsp3) is 0.385. The molecule has 0 unspecified atom stereocenters. The van der Waals surface area contributed by atoms with Gasteiger partial charge in [-0.2, -0.15) is 5.26 Å². The summed E-state index contributed by atoms with van der Waals surface area (Å²) in [5, 5.41) is 22.1. The molecular formula is C13H15N3O3. The highest BCUT2D eigenvalue weighted by molar-refractivity contribution is 5.95. The maximum atomic E-state index is 11.9. The molecule has 0 heterocycles. The van der Waals surface area contributed by atoms with E-state index in [1.807, 2.05) is 6.07 Å².